The van der Waals surface area contributed by atoms with Crippen molar-refractivity contribution in [1.29, 1.82) is 0 Å². The van der Waals surface area contributed by atoms with Gasteiger partial charge in [0.25, 0.3) is 0 Å². The fourth-order valence-electron chi connectivity index (χ4n) is 3.65. The highest BCUT2D eigenvalue weighted by Gasteiger charge is 2.38. The molecule has 0 aliphatic carbocycles. The molecule has 0 aliphatic rings. The lowest BCUT2D eigenvalue weighted by Gasteiger charge is -2.06. The number of rotatable bonds is 8. The average Bonchev–Trinajstić information content (AvgIpc) is 3.26. The number of aromatic nitrogens is 2. The van der Waals surface area contributed by atoms with Crippen LogP contribution in [0.1, 0.15) is 11.3 Å². The number of carboxylic acids is 1. The van der Waals surface area contributed by atoms with Crippen molar-refractivity contribution in [2.45, 2.75) is 19.0 Å². The van der Waals surface area contributed by atoms with Crippen molar-refractivity contribution in [3.63, 3.8) is 0 Å². The van der Waals surface area contributed by atoms with Crippen LogP contribution in [0.25, 0.3) is 22.2 Å². The first-order valence-corrected chi connectivity index (χ1v) is 13.1. The molecule has 3 N–H and O–H groups in total. The normalized spacial score (nSPS) is 11.4. The van der Waals surface area contributed by atoms with Gasteiger partial charge in [0.15, 0.2) is 0 Å². The number of benzene rings is 2. The monoisotopic (exact) mass is 563 g/mol. The minimum absolute atomic E-state index is 0.0857. The Morgan fingerprint density at radius 3 is 2.31 bits per heavy atom. The first-order chi connectivity index (χ1) is 18.2. The first kappa shape index (κ1) is 29.2. The van der Waals surface area contributed by atoms with E-state index in [0.717, 1.165) is 39.8 Å². The van der Waals surface area contributed by atoms with Crippen molar-refractivity contribution in [1.82, 2.24) is 9.97 Å². The molecule has 0 aliphatic heterocycles. The summed E-state index contributed by atoms with van der Waals surface area (Å²) < 4.78 is 62.2. The van der Waals surface area contributed by atoms with Crippen molar-refractivity contribution in [3.05, 3.63) is 78.1 Å². The van der Waals surface area contributed by atoms with Crippen LogP contribution in [0.5, 0.6) is 5.75 Å². The molecule has 9 nitrogen and oxygen atoms in total. The SMILES string of the molecule is COc1cccc(CC(=O)Cc2cc3c(-c4ccc(NS(C)(=O)=O)cc4)ccnc3[nH]2)c1.O=C(O)C(F)(F)F. The van der Waals surface area contributed by atoms with Gasteiger partial charge < -0.3 is 14.8 Å². The van der Waals surface area contributed by atoms with Crippen LogP contribution < -0.4 is 9.46 Å². The maximum atomic E-state index is 12.6. The number of halogens is 3. The third-order valence-electron chi connectivity index (χ3n) is 5.25. The van der Waals surface area contributed by atoms with Gasteiger partial charge in [0.2, 0.25) is 10.0 Å². The molecule has 0 atom stereocenters. The molecule has 2 heterocycles. The van der Waals surface area contributed by atoms with E-state index in [0.29, 0.717) is 17.8 Å². The third-order valence-corrected chi connectivity index (χ3v) is 5.86. The number of anilines is 1. The molecular formula is C26H24F3N3O6S. The molecule has 0 amide bonds. The van der Waals surface area contributed by atoms with E-state index in [1.165, 1.54) is 0 Å². The van der Waals surface area contributed by atoms with E-state index in [-0.39, 0.29) is 12.2 Å². The third kappa shape index (κ3) is 8.57. The van der Waals surface area contributed by atoms with E-state index >= 15 is 0 Å². The van der Waals surface area contributed by atoms with Crippen molar-refractivity contribution in [2.24, 2.45) is 0 Å². The van der Waals surface area contributed by atoms with Gasteiger partial charge in [0.05, 0.1) is 13.4 Å². The number of aromatic amines is 1. The van der Waals surface area contributed by atoms with Gasteiger partial charge in [-0.15, -0.1) is 0 Å². The number of hydrogen-bond acceptors (Lipinski definition) is 6. The van der Waals surface area contributed by atoms with E-state index in [2.05, 4.69) is 14.7 Å². The van der Waals surface area contributed by atoms with Gasteiger partial charge in [-0.3, -0.25) is 9.52 Å². The van der Waals surface area contributed by atoms with Gasteiger partial charge in [-0.2, -0.15) is 13.2 Å². The van der Waals surface area contributed by atoms with Crippen LogP contribution in [0.4, 0.5) is 18.9 Å². The van der Waals surface area contributed by atoms with Gasteiger partial charge in [-0.1, -0.05) is 24.3 Å². The molecule has 4 aromatic rings. The second-order valence-electron chi connectivity index (χ2n) is 8.41. The lowest BCUT2D eigenvalue weighted by atomic mass is 10.0. The Labute approximate surface area is 221 Å². The molecule has 0 spiro atoms. The number of fused-ring (bicyclic) bond motifs is 1. The summed E-state index contributed by atoms with van der Waals surface area (Å²) in [5.74, 6) is -1.94. The maximum absolute atomic E-state index is 12.6. The molecular weight excluding hydrogens is 539 g/mol. The number of carbonyl (C=O) groups is 2. The second kappa shape index (κ2) is 12.0. The van der Waals surface area contributed by atoms with Gasteiger partial charge >= 0.3 is 12.1 Å². The van der Waals surface area contributed by atoms with E-state index in [4.69, 9.17) is 14.6 Å². The number of sulfonamides is 1. The van der Waals surface area contributed by atoms with E-state index < -0.39 is 22.2 Å². The molecule has 0 unspecified atom stereocenters. The highest BCUT2D eigenvalue weighted by molar-refractivity contribution is 7.92. The Bertz CT molecular complexity index is 1580. The zero-order chi connectivity index (χ0) is 28.8. The molecule has 0 fully saturated rings. The zero-order valence-electron chi connectivity index (χ0n) is 20.7. The summed E-state index contributed by atoms with van der Waals surface area (Å²) in [7, 11) is -1.73. The minimum atomic E-state index is -5.08. The van der Waals surface area contributed by atoms with Crippen LogP contribution in [0.15, 0.2) is 66.9 Å². The number of carboxylic acid groups (broad SMARTS) is 1. The second-order valence-corrected chi connectivity index (χ2v) is 10.2. The number of Topliss-reactive ketones (excluding diaryl/α,β-unsaturated/α-hetero) is 1. The molecule has 0 saturated heterocycles. The van der Waals surface area contributed by atoms with Crippen molar-refractivity contribution in [3.8, 4) is 16.9 Å². The van der Waals surface area contributed by atoms with Crippen LogP contribution >= 0.6 is 0 Å². The number of carbonyl (C=O) groups excluding carboxylic acids is 1. The van der Waals surface area contributed by atoms with Crippen LogP contribution in [0, 0.1) is 0 Å². The number of ether oxygens (including phenoxy) is 1. The van der Waals surface area contributed by atoms with E-state index in [1.807, 2.05) is 48.5 Å². The van der Waals surface area contributed by atoms with Gasteiger partial charge in [-0.05, 0) is 53.1 Å². The molecule has 2 aromatic heterocycles. The molecule has 4 rings (SSSR count). The summed E-state index contributed by atoms with van der Waals surface area (Å²) in [6, 6.07) is 18.5. The molecule has 0 saturated carbocycles. The Kier molecular flexibility index (Phi) is 8.96. The Balaban J connectivity index is 0.000000532. The quantitative estimate of drug-likeness (QED) is 0.285. The number of pyridine rings is 1. The number of nitrogens with one attached hydrogen (secondary N) is 2. The van der Waals surface area contributed by atoms with Crippen molar-refractivity contribution in [2.75, 3.05) is 18.1 Å². The topological polar surface area (TPSA) is 138 Å². The molecule has 13 heteroatoms. The zero-order valence-corrected chi connectivity index (χ0v) is 21.6. The Hall–Kier alpha value is -4.39. The molecule has 0 bridgehead atoms. The van der Waals surface area contributed by atoms with Gasteiger partial charge in [-0.25, -0.2) is 18.2 Å². The van der Waals surface area contributed by atoms with Crippen LogP contribution in [0.2, 0.25) is 0 Å². The number of alkyl halides is 3. The van der Waals surface area contributed by atoms with Crippen LogP contribution in [-0.2, 0) is 32.5 Å². The maximum Gasteiger partial charge on any atom is 0.490 e. The molecule has 206 valence electrons. The largest absolute Gasteiger partial charge is 0.497 e. The Morgan fingerprint density at radius 2 is 1.72 bits per heavy atom. The summed E-state index contributed by atoms with van der Waals surface area (Å²) in [5.41, 5.74) is 4.77. The van der Waals surface area contributed by atoms with E-state index in [9.17, 15) is 26.4 Å². The van der Waals surface area contributed by atoms with Crippen LogP contribution in [0.3, 0.4) is 0 Å². The van der Waals surface area contributed by atoms with Crippen molar-refractivity contribution < 1.29 is 41.0 Å². The highest BCUT2D eigenvalue weighted by Crippen LogP contribution is 2.29. The Morgan fingerprint density at radius 1 is 1.05 bits per heavy atom. The fraction of sp³-hybridized carbons (Fsp3) is 0.192. The summed E-state index contributed by atoms with van der Waals surface area (Å²) in [4.78, 5) is 29.2. The lowest BCUT2D eigenvalue weighted by molar-refractivity contribution is -0.192. The van der Waals surface area contributed by atoms with Crippen molar-refractivity contribution >= 4 is 38.5 Å². The average molecular weight is 564 g/mol. The summed E-state index contributed by atoms with van der Waals surface area (Å²) in [6.45, 7) is 0. The summed E-state index contributed by atoms with van der Waals surface area (Å²) in [5, 5.41) is 8.03. The van der Waals surface area contributed by atoms with Crippen LogP contribution in [-0.4, -0.2) is 54.8 Å². The predicted octanol–water partition coefficient (Wildman–Crippen LogP) is 4.60. The highest BCUT2D eigenvalue weighted by atomic mass is 32.2. The number of methoxy groups -OCH3 is 1. The summed E-state index contributed by atoms with van der Waals surface area (Å²) in [6.07, 6.45) is -1.67. The standard InChI is InChI=1S/C24H23N3O4S.C2HF3O2/c1-31-21-5-3-4-16(13-21)12-20(28)14-19-15-23-22(10-11-25-24(23)26-19)17-6-8-18(9-7-17)27-32(2,29)30;3-2(4,5)1(6)7/h3-11,13,15,27H,12,14H2,1-2H3,(H,25,26);(H,6,7). The number of ketones is 1. The molecule has 0 radical (unpaired) electrons. The fourth-order valence-corrected chi connectivity index (χ4v) is 4.21. The van der Waals surface area contributed by atoms with Gasteiger partial charge in [0.1, 0.15) is 17.2 Å². The lowest BCUT2D eigenvalue weighted by Crippen LogP contribution is -2.21. The minimum Gasteiger partial charge on any atom is -0.497 e. The number of hydrogen-bond donors (Lipinski definition) is 3. The summed E-state index contributed by atoms with van der Waals surface area (Å²) >= 11 is 0. The smallest absolute Gasteiger partial charge is 0.490 e. The molecule has 2 aromatic carbocycles. The van der Waals surface area contributed by atoms with E-state index in [1.54, 1.807) is 25.4 Å². The first-order valence-electron chi connectivity index (χ1n) is 11.2. The number of H-pyrrole nitrogens is 1. The number of nitrogens with zero attached hydrogens (tertiary/aromatic N) is 1. The number of aliphatic carboxylic acids is 1. The predicted molar refractivity (Wildman–Crippen MR) is 139 cm³/mol. The molecule has 39 heavy (non-hydrogen) atoms. The van der Waals surface area contributed by atoms with Gasteiger partial charge in [0, 0.05) is 35.8 Å².